The number of hydrogen-bond donors (Lipinski definition) is 1. The van der Waals surface area contributed by atoms with Gasteiger partial charge in [-0.05, 0) is 18.6 Å². The molecule has 0 bridgehead atoms. The van der Waals surface area contributed by atoms with Crippen LogP contribution in [-0.4, -0.2) is 23.5 Å². The molecule has 0 fully saturated rings. The SMILES string of the molecule is O=C(O)CCC1COc2ccccc2C1=O. The Hall–Kier alpha value is -1.84. The summed E-state index contributed by atoms with van der Waals surface area (Å²) in [6, 6.07) is 7.05. The molecule has 1 aromatic rings. The Morgan fingerprint density at radius 1 is 1.44 bits per heavy atom. The highest BCUT2D eigenvalue weighted by Crippen LogP contribution is 2.28. The summed E-state index contributed by atoms with van der Waals surface area (Å²) in [5.74, 6) is -0.625. The van der Waals surface area contributed by atoms with Gasteiger partial charge in [-0.3, -0.25) is 9.59 Å². The van der Waals surface area contributed by atoms with Crippen molar-refractivity contribution in [2.24, 2.45) is 5.92 Å². The summed E-state index contributed by atoms with van der Waals surface area (Å²) < 4.78 is 5.43. The van der Waals surface area contributed by atoms with Crippen molar-refractivity contribution in [1.82, 2.24) is 0 Å². The summed E-state index contributed by atoms with van der Waals surface area (Å²) in [6.45, 7) is 0.281. The van der Waals surface area contributed by atoms with Gasteiger partial charge in [0.25, 0.3) is 0 Å². The number of para-hydroxylation sites is 1. The largest absolute Gasteiger partial charge is 0.492 e. The summed E-state index contributed by atoms with van der Waals surface area (Å²) in [7, 11) is 0. The topological polar surface area (TPSA) is 63.6 Å². The van der Waals surface area contributed by atoms with Crippen molar-refractivity contribution in [2.45, 2.75) is 12.8 Å². The van der Waals surface area contributed by atoms with Gasteiger partial charge in [-0.2, -0.15) is 0 Å². The standard InChI is InChI=1S/C12H12O4/c13-11(14)6-5-8-7-16-10-4-2-1-3-9(10)12(8)15/h1-4,8H,5-7H2,(H,13,14). The van der Waals surface area contributed by atoms with Crippen molar-refractivity contribution in [3.05, 3.63) is 29.8 Å². The molecule has 4 heteroatoms. The molecule has 0 radical (unpaired) electrons. The molecule has 0 saturated heterocycles. The van der Waals surface area contributed by atoms with Crippen LogP contribution in [0, 0.1) is 5.92 Å². The van der Waals surface area contributed by atoms with E-state index in [2.05, 4.69) is 0 Å². The molecule has 1 atom stereocenters. The number of fused-ring (bicyclic) bond motifs is 1. The maximum atomic E-state index is 12.0. The number of hydrogen-bond acceptors (Lipinski definition) is 3. The van der Waals surface area contributed by atoms with E-state index < -0.39 is 5.97 Å². The normalized spacial score (nSPS) is 18.8. The van der Waals surface area contributed by atoms with Gasteiger partial charge < -0.3 is 9.84 Å². The van der Waals surface area contributed by atoms with E-state index in [0.29, 0.717) is 17.7 Å². The second kappa shape index (κ2) is 4.35. The van der Waals surface area contributed by atoms with Crippen LogP contribution < -0.4 is 4.74 Å². The zero-order valence-corrected chi connectivity index (χ0v) is 8.68. The average Bonchev–Trinajstić information content (AvgIpc) is 2.28. The van der Waals surface area contributed by atoms with Gasteiger partial charge in [-0.25, -0.2) is 0 Å². The second-order valence-electron chi connectivity index (χ2n) is 3.80. The third-order valence-electron chi connectivity index (χ3n) is 2.67. The molecule has 0 amide bonds. The van der Waals surface area contributed by atoms with Gasteiger partial charge in [-0.15, -0.1) is 0 Å². The van der Waals surface area contributed by atoms with Crippen LogP contribution in [0.25, 0.3) is 0 Å². The Labute approximate surface area is 92.8 Å². The maximum Gasteiger partial charge on any atom is 0.303 e. The molecule has 1 aliphatic heterocycles. The highest BCUT2D eigenvalue weighted by Gasteiger charge is 2.28. The van der Waals surface area contributed by atoms with Gasteiger partial charge in [0.1, 0.15) is 5.75 Å². The van der Waals surface area contributed by atoms with E-state index in [9.17, 15) is 9.59 Å². The predicted molar refractivity (Wildman–Crippen MR) is 56.6 cm³/mol. The zero-order valence-electron chi connectivity index (χ0n) is 8.68. The Morgan fingerprint density at radius 2 is 2.19 bits per heavy atom. The van der Waals surface area contributed by atoms with E-state index in [4.69, 9.17) is 9.84 Å². The molecule has 1 N–H and O–H groups in total. The van der Waals surface area contributed by atoms with Gasteiger partial charge in [0.15, 0.2) is 5.78 Å². The van der Waals surface area contributed by atoms with Gasteiger partial charge >= 0.3 is 5.97 Å². The van der Waals surface area contributed by atoms with Crippen molar-refractivity contribution < 1.29 is 19.4 Å². The first kappa shape index (κ1) is 10.7. The number of carbonyl (C=O) groups excluding carboxylic acids is 1. The molecule has 1 heterocycles. The number of Topliss-reactive ketones (excluding diaryl/α,β-unsaturated/α-hetero) is 1. The molecule has 1 unspecified atom stereocenters. The summed E-state index contributed by atoms with van der Waals surface area (Å²) in [5.41, 5.74) is 0.559. The van der Waals surface area contributed by atoms with Crippen molar-refractivity contribution in [1.29, 1.82) is 0 Å². The first-order valence-corrected chi connectivity index (χ1v) is 5.16. The van der Waals surface area contributed by atoms with Crippen molar-refractivity contribution in [2.75, 3.05) is 6.61 Å². The summed E-state index contributed by atoms with van der Waals surface area (Å²) in [4.78, 5) is 22.4. The minimum Gasteiger partial charge on any atom is -0.492 e. The Balaban J connectivity index is 2.12. The van der Waals surface area contributed by atoms with E-state index in [1.54, 1.807) is 18.2 Å². The number of rotatable bonds is 3. The number of carboxylic acid groups (broad SMARTS) is 1. The van der Waals surface area contributed by atoms with Crippen LogP contribution in [-0.2, 0) is 4.79 Å². The quantitative estimate of drug-likeness (QED) is 0.842. The van der Waals surface area contributed by atoms with Crippen LogP contribution in [0.2, 0.25) is 0 Å². The molecule has 4 nitrogen and oxygen atoms in total. The fourth-order valence-electron chi connectivity index (χ4n) is 1.79. The van der Waals surface area contributed by atoms with E-state index in [-0.39, 0.29) is 24.7 Å². The average molecular weight is 220 g/mol. The number of ether oxygens (including phenoxy) is 1. The van der Waals surface area contributed by atoms with E-state index in [1.807, 2.05) is 6.07 Å². The van der Waals surface area contributed by atoms with E-state index in [1.165, 1.54) is 0 Å². The molecule has 2 rings (SSSR count). The lowest BCUT2D eigenvalue weighted by Gasteiger charge is -2.23. The second-order valence-corrected chi connectivity index (χ2v) is 3.80. The lowest BCUT2D eigenvalue weighted by atomic mass is 9.91. The first-order valence-electron chi connectivity index (χ1n) is 5.16. The number of ketones is 1. The molecular formula is C12H12O4. The lowest BCUT2D eigenvalue weighted by Crippen LogP contribution is -2.28. The van der Waals surface area contributed by atoms with Gasteiger partial charge in [0.05, 0.1) is 18.1 Å². The summed E-state index contributed by atoms with van der Waals surface area (Å²) in [6.07, 6.45) is 0.338. The van der Waals surface area contributed by atoms with E-state index in [0.717, 1.165) is 0 Å². The highest BCUT2D eigenvalue weighted by molar-refractivity contribution is 6.01. The zero-order chi connectivity index (χ0) is 11.5. The van der Waals surface area contributed by atoms with Gasteiger partial charge in [0.2, 0.25) is 0 Å². The Bertz CT molecular complexity index is 425. The van der Waals surface area contributed by atoms with E-state index >= 15 is 0 Å². The molecule has 16 heavy (non-hydrogen) atoms. The van der Waals surface area contributed by atoms with Gasteiger partial charge in [-0.1, -0.05) is 12.1 Å². The third kappa shape index (κ3) is 2.05. The minimum absolute atomic E-state index is 0.00192. The van der Waals surface area contributed by atoms with Crippen LogP contribution in [0.15, 0.2) is 24.3 Å². The van der Waals surface area contributed by atoms with Crippen molar-refractivity contribution in [3.8, 4) is 5.75 Å². The number of benzene rings is 1. The summed E-state index contributed by atoms with van der Waals surface area (Å²) in [5, 5.41) is 8.57. The molecule has 1 aliphatic rings. The van der Waals surface area contributed by atoms with Crippen molar-refractivity contribution >= 4 is 11.8 Å². The number of carbonyl (C=O) groups is 2. The van der Waals surface area contributed by atoms with Crippen LogP contribution in [0.1, 0.15) is 23.2 Å². The molecule has 0 aromatic heterocycles. The number of aliphatic carboxylic acids is 1. The predicted octanol–water partition coefficient (Wildman–Crippen LogP) is 1.74. The molecule has 0 aliphatic carbocycles. The molecule has 84 valence electrons. The first-order chi connectivity index (χ1) is 7.68. The van der Waals surface area contributed by atoms with Crippen LogP contribution in [0.3, 0.4) is 0 Å². The minimum atomic E-state index is -0.883. The smallest absolute Gasteiger partial charge is 0.303 e. The Morgan fingerprint density at radius 3 is 2.94 bits per heavy atom. The Kier molecular flexibility index (Phi) is 2.90. The van der Waals surface area contributed by atoms with Crippen LogP contribution in [0.4, 0.5) is 0 Å². The fourth-order valence-corrected chi connectivity index (χ4v) is 1.79. The highest BCUT2D eigenvalue weighted by atomic mass is 16.5. The summed E-state index contributed by atoms with van der Waals surface area (Å²) >= 11 is 0. The molecule has 0 saturated carbocycles. The number of carboxylic acids is 1. The third-order valence-corrected chi connectivity index (χ3v) is 2.67. The lowest BCUT2D eigenvalue weighted by molar-refractivity contribution is -0.137. The molecule has 0 spiro atoms. The van der Waals surface area contributed by atoms with Crippen LogP contribution >= 0.6 is 0 Å². The molecule has 1 aromatic carbocycles. The van der Waals surface area contributed by atoms with Crippen molar-refractivity contribution in [3.63, 3.8) is 0 Å². The van der Waals surface area contributed by atoms with Gasteiger partial charge in [0, 0.05) is 6.42 Å². The van der Waals surface area contributed by atoms with Crippen LogP contribution in [0.5, 0.6) is 5.75 Å². The monoisotopic (exact) mass is 220 g/mol. The molecular weight excluding hydrogens is 208 g/mol. The maximum absolute atomic E-state index is 12.0. The fraction of sp³-hybridized carbons (Fsp3) is 0.333.